The predicted molar refractivity (Wildman–Crippen MR) is 97.0 cm³/mol. The molecule has 0 bridgehead atoms. The fourth-order valence-corrected chi connectivity index (χ4v) is 4.21. The molecule has 1 aromatic heterocycles. The van der Waals surface area contributed by atoms with Gasteiger partial charge in [-0.1, -0.05) is 25.7 Å². The Morgan fingerprint density at radius 2 is 1.85 bits per heavy atom. The minimum Gasteiger partial charge on any atom is -0.368 e. The molecule has 144 valence electrons. The van der Waals surface area contributed by atoms with E-state index in [0.29, 0.717) is 12.5 Å². The van der Waals surface area contributed by atoms with E-state index in [4.69, 9.17) is 5.73 Å². The van der Waals surface area contributed by atoms with Gasteiger partial charge < -0.3 is 15.6 Å². The molecule has 0 aliphatic heterocycles. The highest BCUT2D eigenvalue weighted by Gasteiger charge is 2.37. The molecule has 1 heterocycles. The molecule has 8 nitrogen and oxygen atoms in total. The molecule has 2 amide bonds. The quantitative estimate of drug-likeness (QED) is 0.650. The Balaban J connectivity index is 1.61. The predicted octanol–water partition coefficient (Wildman–Crippen LogP) is 0.865. The lowest BCUT2D eigenvalue weighted by Crippen LogP contribution is -2.55. The van der Waals surface area contributed by atoms with Crippen molar-refractivity contribution in [2.45, 2.75) is 82.3 Å². The zero-order valence-corrected chi connectivity index (χ0v) is 15.8. The van der Waals surface area contributed by atoms with Crippen LogP contribution in [0.2, 0.25) is 0 Å². The van der Waals surface area contributed by atoms with E-state index in [9.17, 15) is 9.59 Å². The number of carbonyl (C=O) groups is 2. The third-order valence-electron chi connectivity index (χ3n) is 5.92. The lowest BCUT2D eigenvalue weighted by atomic mass is 9.79. The van der Waals surface area contributed by atoms with Gasteiger partial charge in [-0.3, -0.25) is 14.9 Å². The average Bonchev–Trinajstić information content (AvgIpc) is 2.76. The zero-order chi connectivity index (χ0) is 18.7. The first kappa shape index (κ1) is 18.8. The van der Waals surface area contributed by atoms with E-state index < -0.39 is 5.54 Å². The fraction of sp³-hybridized carbons (Fsp3) is 0.778. The molecule has 1 aromatic rings. The van der Waals surface area contributed by atoms with Crippen LogP contribution in [0.5, 0.6) is 0 Å². The summed E-state index contributed by atoms with van der Waals surface area (Å²) in [7, 11) is 1.96. The lowest BCUT2D eigenvalue weighted by Gasteiger charge is -2.34. The average molecular weight is 362 g/mol. The maximum atomic E-state index is 12.1. The Bertz CT molecular complexity index is 657. The standard InChI is InChI=1S/C18H30N6O2/c1-12(25)21-14-9-13(10-14)16-23-22-15(24(16)2)11-20-18(17(19)26)7-5-3-4-6-8-18/h13-14,20H,3-11H2,1-2H3,(H2,19,26)(H,21,25). The maximum absolute atomic E-state index is 12.1. The monoisotopic (exact) mass is 362 g/mol. The van der Waals surface area contributed by atoms with Crippen LogP contribution in [0.15, 0.2) is 0 Å². The Labute approximate surface area is 154 Å². The number of nitrogens with two attached hydrogens (primary N) is 1. The Morgan fingerprint density at radius 1 is 1.19 bits per heavy atom. The van der Waals surface area contributed by atoms with Gasteiger partial charge in [-0.2, -0.15) is 0 Å². The van der Waals surface area contributed by atoms with Crippen LogP contribution in [0.1, 0.15) is 75.9 Å². The number of hydrogen-bond acceptors (Lipinski definition) is 5. The lowest BCUT2D eigenvalue weighted by molar-refractivity contribution is -0.125. The van der Waals surface area contributed by atoms with E-state index in [-0.39, 0.29) is 17.9 Å². The van der Waals surface area contributed by atoms with Gasteiger partial charge in [0.2, 0.25) is 11.8 Å². The highest BCUT2D eigenvalue weighted by molar-refractivity contribution is 5.84. The summed E-state index contributed by atoms with van der Waals surface area (Å²) in [5, 5.41) is 15.0. The van der Waals surface area contributed by atoms with Crippen molar-refractivity contribution in [3.8, 4) is 0 Å². The molecule has 0 radical (unpaired) electrons. The molecule has 2 aliphatic carbocycles. The van der Waals surface area contributed by atoms with Crippen LogP contribution in [0.4, 0.5) is 0 Å². The molecule has 4 N–H and O–H groups in total. The van der Waals surface area contributed by atoms with Crippen molar-refractivity contribution in [3.63, 3.8) is 0 Å². The second kappa shape index (κ2) is 7.73. The first-order valence-corrected chi connectivity index (χ1v) is 9.61. The van der Waals surface area contributed by atoms with Gasteiger partial charge in [0.15, 0.2) is 0 Å². The van der Waals surface area contributed by atoms with Crippen molar-refractivity contribution in [2.75, 3.05) is 0 Å². The van der Waals surface area contributed by atoms with Gasteiger partial charge in [-0.05, 0) is 25.7 Å². The third-order valence-corrected chi connectivity index (χ3v) is 5.92. The molecule has 8 heteroatoms. The topological polar surface area (TPSA) is 115 Å². The normalized spacial score (nSPS) is 25.2. The van der Waals surface area contributed by atoms with Gasteiger partial charge in [-0.15, -0.1) is 10.2 Å². The number of nitrogens with one attached hydrogen (secondary N) is 2. The molecular formula is C18H30N6O2. The van der Waals surface area contributed by atoms with Crippen LogP contribution in [0.3, 0.4) is 0 Å². The molecule has 0 saturated heterocycles. The van der Waals surface area contributed by atoms with E-state index in [1.807, 2.05) is 11.6 Å². The van der Waals surface area contributed by atoms with Crippen molar-refractivity contribution in [1.29, 1.82) is 0 Å². The van der Waals surface area contributed by atoms with Crippen molar-refractivity contribution in [1.82, 2.24) is 25.4 Å². The third kappa shape index (κ3) is 3.90. The summed E-state index contributed by atoms with van der Waals surface area (Å²) < 4.78 is 2.01. The number of aromatic nitrogens is 3. The van der Waals surface area contributed by atoms with Crippen LogP contribution in [-0.4, -0.2) is 38.2 Å². The van der Waals surface area contributed by atoms with Crippen LogP contribution >= 0.6 is 0 Å². The van der Waals surface area contributed by atoms with Crippen molar-refractivity contribution < 1.29 is 9.59 Å². The fourth-order valence-electron chi connectivity index (χ4n) is 4.21. The van der Waals surface area contributed by atoms with Gasteiger partial charge in [-0.25, -0.2) is 0 Å². The van der Waals surface area contributed by atoms with Crippen LogP contribution in [0.25, 0.3) is 0 Å². The van der Waals surface area contributed by atoms with Gasteiger partial charge in [0.25, 0.3) is 0 Å². The second-order valence-electron chi connectivity index (χ2n) is 7.81. The number of hydrogen-bond donors (Lipinski definition) is 3. The molecular weight excluding hydrogens is 332 g/mol. The minimum atomic E-state index is -0.629. The number of primary amides is 1. The largest absolute Gasteiger partial charge is 0.368 e. The summed E-state index contributed by atoms with van der Waals surface area (Å²) in [6.07, 6.45) is 7.71. The summed E-state index contributed by atoms with van der Waals surface area (Å²) in [4.78, 5) is 23.2. The van der Waals surface area contributed by atoms with E-state index >= 15 is 0 Å². The van der Waals surface area contributed by atoms with Crippen molar-refractivity contribution in [3.05, 3.63) is 11.6 Å². The second-order valence-corrected chi connectivity index (χ2v) is 7.81. The molecule has 2 aliphatic rings. The van der Waals surface area contributed by atoms with Gasteiger partial charge in [0, 0.05) is 25.9 Å². The SMILES string of the molecule is CC(=O)NC1CC(c2nnc(CNC3(C(N)=O)CCCCCC3)n2C)C1. The molecule has 0 unspecified atom stereocenters. The summed E-state index contributed by atoms with van der Waals surface area (Å²) >= 11 is 0. The number of nitrogens with zero attached hydrogens (tertiary/aromatic N) is 3. The van der Waals surface area contributed by atoms with E-state index in [1.165, 1.54) is 0 Å². The molecule has 0 aromatic carbocycles. The molecule has 26 heavy (non-hydrogen) atoms. The first-order chi connectivity index (χ1) is 12.4. The summed E-state index contributed by atoms with van der Waals surface area (Å²) in [6, 6.07) is 0.236. The first-order valence-electron chi connectivity index (χ1n) is 9.61. The molecule has 2 saturated carbocycles. The van der Waals surface area contributed by atoms with E-state index in [1.54, 1.807) is 6.92 Å². The molecule has 0 atom stereocenters. The molecule has 3 rings (SSSR count). The highest BCUT2D eigenvalue weighted by atomic mass is 16.2. The summed E-state index contributed by atoms with van der Waals surface area (Å²) in [5.41, 5.74) is 5.10. The number of carbonyl (C=O) groups excluding carboxylic acids is 2. The summed E-state index contributed by atoms with van der Waals surface area (Å²) in [5.74, 6) is 1.82. The van der Waals surface area contributed by atoms with Crippen LogP contribution in [-0.2, 0) is 23.2 Å². The van der Waals surface area contributed by atoms with E-state index in [0.717, 1.165) is 63.0 Å². The van der Waals surface area contributed by atoms with Gasteiger partial charge in [0.1, 0.15) is 11.6 Å². The van der Waals surface area contributed by atoms with E-state index in [2.05, 4.69) is 20.8 Å². The van der Waals surface area contributed by atoms with Crippen LogP contribution < -0.4 is 16.4 Å². The number of amides is 2. The Kier molecular flexibility index (Phi) is 5.60. The van der Waals surface area contributed by atoms with Crippen LogP contribution in [0, 0.1) is 0 Å². The van der Waals surface area contributed by atoms with Crippen molar-refractivity contribution in [2.24, 2.45) is 12.8 Å². The number of rotatable bonds is 6. The molecule has 0 spiro atoms. The Morgan fingerprint density at radius 3 is 2.42 bits per heavy atom. The summed E-state index contributed by atoms with van der Waals surface area (Å²) in [6.45, 7) is 2.02. The van der Waals surface area contributed by atoms with Gasteiger partial charge >= 0.3 is 0 Å². The highest BCUT2D eigenvalue weighted by Crippen LogP contribution is 2.36. The smallest absolute Gasteiger partial charge is 0.237 e. The van der Waals surface area contributed by atoms with Gasteiger partial charge in [0.05, 0.1) is 12.1 Å². The zero-order valence-electron chi connectivity index (χ0n) is 15.8. The maximum Gasteiger partial charge on any atom is 0.237 e. The Hall–Kier alpha value is -1.96. The van der Waals surface area contributed by atoms with Crippen molar-refractivity contribution >= 4 is 11.8 Å². The molecule has 2 fully saturated rings. The minimum absolute atomic E-state index is 0.0106.